The van der Waals surface area contributed by atoms with Crippen molar-refractivity contribution in [2.24, 2.45) is 0 Å². The second-order valence-corrected chi connectivity index (χ2v) is 4.64. The topological polar surface area (TPSA) is 47.6 Å². The minimum absolute atomic E-state index is 0.316. The van der Waals surface area contributed by atoms with Gasteiger partial charge in [-0.15, -0.1) is 13.2 Å². The van der Waals surface area contributed by atoms with Crippen molar-refractivity contribution in [3.05, 3.63) is 30.3 Å². The molecule has 1 amide bonds. The number of hydrogen-bond donors (Lipinski definition) is 1. The molecule has 0 aliphatic rings. The van der Waals surface area contributed by atoms with E-state index in [1.54, 1.807) is 18.2 Å². The molecule has 0 saturated carbocycles. The van der Waals surface area contributed by atoms with E-state index in [1.165, 1.54) is 17.4 Å². The van der Waals surface area contributed by atoms with Crippen molar-refractivity contribution in [3.8, 4) is 5.75 Å². The molecule has 0 aliphatic carbocycles. The van der Waals surface area contributed by atoms with Crippen molar-refractivity contribution in [2.75, 3.05) is 6.61 Å². The fraction of sp³-hybridized carbons (Fsp3) is 0.462. The predicted octanol–water partition coefficient (Wildman–Crippen LogP) is 3.33. The van der Waals surface area contributed by atoms with Crippen molar-refractivity contribution in [3.63, 3.8) is 0 Å². The number of carbonyl (C=O) groups excluding carboxylic acids is 1. The molecule has 0 bridgehead atoms. The van der Waals surface area contributed by atoms with Gasteiger partial charge in [0.1, 0.15) is 12.4 Å². The first-order valence-electron chi connectivity index (χ1n) is 6.36. The van der Waals surface area contributed by atoms with Gasteiger partial charge in [-0.2, -0.15) is 17.6 Å². The number of amides is 1. The Morgan fingerprint density at radius 2 is 1.62 bits per heavy atom. The number of hydrogen-bond acceptors (Lipinski definition) is 3. The monoisotopic (exact) mass is 363 g/mol. The number of alkyl halides is 7. The third-order valence-electron chi connectivity index (χ3n) is 2.52. The largest absolute Gasteiger partial charge is 0.527 e. The molecule has 1 unspecified atom stereocenters. The Balaban J connectivity index is 2.64. The van der Waals surface area contributed by atoms with Crippen LogP contribution < -0.4 is 10.1 Å². The average Bonchev–Trinajstić information content (AvgIpc) is 2.43. The van der Waals surface area contributed by atoms with E-state index >= 15 is 0 Å². The van der Waals surface area contributed by atoms with Crippen LogP contribution in [0.2, 0.25) is 0 Å². The number of benzene rings is 1. The summed E-state index contributed by atoms with van der Waals surface area (Å²) in [6.45, 7) is 0.761. The highest BCUT2D eigenvalue weighted by Crippen LogP contribution is 2.40. The molecule has 0 aromatic heterocycles. The predicted molar refractivity (Wildman–Crippen MR) is 66.6 cm³/mol. The van der Waals surface area contributed by atoms with Gasteiger partial charge >= 0.3 is 18.4 Å². The molecule has 1 N–H and O–H groups in total. The van der Waals surface area contributed by atoms with E-state index in [0.29, 0.717) is 5.75 Å². The van der Waals surface area contributed by atoms with Crippen LogP contribution in [0, 0.1) is 0 Å². The minimum Gasteiger partial charge on any atom is -0.491 e. The Labute approximate surface area is 131 Å². The average molecular weight is 363 g/mol. The molecule has 1 rings (SSSR count). The van der Waals surface area contributed by atoms with E-state index in [-0.39, 0.29) is 6.61 Å². The quantitative estimate of drug-likeness (QED) is 0.756. The van der Waals surface area contributed by atoms with Gasteiger partial charge < -0.3 is 10.1 Å². The number of nitrogens with one attached hydrogen (secondary N) is 1. The highest BCUT2D eigenvalue weighted by molar-refractivity contribution is 5.84. The van der Waals surface area contributed by atoms with Crippen LogP contribution in [-0.2, 0) is 9.53 Å². The first kappa shape index (κ1) is 20.0. The van der Waals surface area contributed by atoms with Crippen LogP contribution in [0.1, 0.15) is 6.92 Å². The third kappa shape index (κ3) is 5.55. The van der Waals surface area contributed by atoms with Gasteiger partial charge in [0.25, 0.3) is 5.91 Å². The Hall–Kier alpha value is -2.04. The number of para-hydroxylation sites is 1. The van der Waals surface area contributed by atoms with Gasteiger partial charge in [0.05, 0.1) is 6.04 Å². The standard InChI is InChI=1S/C13H12F7NO3/c1-8(7-23-9-5-3-2-4-6-9)21-10(22)11(14,15)12(16,17)24-13(18,19)20/h2-6,8H,7H2,1H3,(H,21,22). The van der Waals surface area contributed by atoms with Crippen LogP contribution in [0.15, 0.2) is 30.3 Å². The molecule has 136 valence electrons. The lowest BCUT2D eigenvalue weighted by Gasteiger charge is -2.26. The van der Waals surface area contributed by atoms with E-state index in [0.717, 1.165) is 6.92 Å². The summed E-state index contributed by atoms with van der Waals surface area (Å²) in [4.78, 5) is 11.2. The Morgan fingerprint density at radius 1 is 1.08 bits per heavy atom. The summed E-state index contributed by atoms with van der Waals surface area (Å²) in [5.74, 6) is -8.04. The second kappa shape index (κ2) is 7.24. The van der Waals surface area contributed by atoms with Crippen molar-refractivity contribution in [1.29, 1.82) is 0 Å². The Morgan fingerprint density at radius 3 is 2.12 bits per heavy atom. The molecule has 0 fully saturated rings. The third-order valence-corrected chi connectivity index (χ3v) is 2.52. The summed E-state index contributed by atoms with van der Waals surface area (Å²) in [7, 11) is 0. The van der Waals surface area contributed by atoms with Crippen LogP contribution in [0.4, 0.5) is 30.7 Å². The lowest BCUT2D eigenvalue weighted by molar-refractivity contribution is -0.458. The van der Waals surface area contributed by atoms with Crippen molar-refractivity contribution < 1.29 is 45.0 Å². The fourth-order valence-electron chi connectivity index (χ4n) is 1.44. The summed E-state index contributed by atoms with van der Waals surface area (Å²) in [6, 6.07) is 6.69. The Bertz CT molecular complexity index is 548. The molecule has 4 nitrogen and oxygen atoms in total. The highest BCUT2D eigenvalue weighted by atomic mass is 19.4. The zero-order valence-electron chi connectivity index (χ0n) is 12.0. The molecule has 1 aromatic carbocycles. The van der Waals surface area contributed by atoms with E-state index < -0.39 is 30.3 Å². The maximum Gasteiger partial charge on any atom is 0.527 e. The van der Waals surface area contributed by atoms with Gasteiger partial charge in [0, 0.05) is 0 Å². The molecule has 0 heterocycles. The van der Waals surface area contributed by atoms with Crippen molar-refractivity contribution >= 4 is 5.91 Å². The second-order valence-electron chi connectivity index (χ2n) is 4.64. The first-order valence-corrected chi connectivity index (χ1v) is 6.36. The number of ether oxygens (including phenoxy) is 2. The molecular formula is C13H12F7NO3. The summed E-state index contributed by atoms with van der Waals surface area (Å²) >= 11 is 0. The molecule has 0 aliphatic heterocycles. The van der Waals surface area contributed by atoms with Crippen LogP contribution in [0.5, 0.6) is 5.75 Å². The molecule has 1 aromatic rings. The fourth-order valence-corrected chi connectivity index (χ4v) is 1.44. The smallest absolute Gasteiger partial charge is 0.491 e. The van der Waals surface area contributed by atoms with Crippen LogP contribution >= 0.6 is 0 Å². The van der Waals surface area contributed by atoms with Crippen LogP contribution in [-0.4, -0.2) is 36.9 Å². The highest BCUT2D eigenvalue weighted by Gasteiger charge is 2.67. The lowest BCUT2D eigenvalue weighted by Crippen LogP contribution is -2.57. The van der Waals surface area contributed by atoms with E-state index in [2.05, 4.69) is 0 Å². The van der Waals surface area contributed by atoms with Gasteiger partial charge in [-0.05, 0) is 19.1 Å². The van der Waals surface area contributed by atoms with Crippen molar-refractivity contribution in [1.82, 2.24) is 5.32 Å². The first-order chi connectivity index (χ1) is 10.8. The van der Waals surface area contributed by atoms with Gasteiger partial charge in [-0.25, -0.2) is 4.74 Å². The maximum atomic E-state index is 13.2. The van der Waals surface area contributed by atoms with Gasteiger partial charge in [-0.3, -0.25) is 4.79 Å². The summed E-state index contributed by atoms with van der Waals surface area (Å²) in [5.41, 5.74) is 0. The zero-order valence-corrected chi connectivity index (χ0v) is 12.0. The van der Waals surface area contributed by atoms with E-state index in [9.17, 15) is 35.5 Å². The van der Waals surface area contributed by atoms with E-state index in [1.807, 2.05) is 4.74 Å². The molecule has 0 spiro atoms. The Kier molecular flexibility index (Phi) is 6.04. The van der Waals surface area contributed by atoms with Crippen LogP contribution in [0.3, 0.4) is 0 Å². The molecule has 24 heavy (non-hydrogen) atoms. The van der Waals surface area contributed by atoms with Crippen molar-refractivity contribution in [2.45, 2.75) is 31.4 Å². The number of carbonyl (C=O) groups is 1. The summed E-state index contributed by atoms with van der Waals surface area (Å²) < 4.78 is 94.5. The SMILES string of the molecule is CC(COc1ccccc1)NC(=O)C(F)(F)C(F)(F)OC(F)(F)F. The van der Waals surface area contributed by atoms with E-state index in [4.69, 9.17) is 4.74 Å². The van der Waals surface area contributed by atoms with Gasteiger partial charge in [0.15, 0.2) is 0 Å². The lowest BCUT2D eigenvalue weighted by atomic mass is 10.2. The van der Waals surface area contributed by atoms with Gasteiger partial charge in [-0.1, -0.05) is 18.2 Å². The molecule has 11 heteroatoms. The summed E-state index contributed by atoms with van der Waals surface area (Å²) in [5, 5.41) is 1.44. The van der Waals surface area contributed by atoms with Crippen LogP contribution in [0.25, 0.3) is 0 Å². The minimum atomic E-state index is -6.06. The number of halogens is 7. The number of rotatable bonds is 7. The molecule has 1 atom stereocenters. The summed E-state index contributed by atoms with van der Waals surface area (Å²) in [6.07, 6.45) is -12.1. The maximum absolute atomic E-state index is 13.2. The zero-order chi connectivity index (χ0) is 18.6. The molecule has 0 radical (unpaired) electrons. The van der Waals surface area contributed by atoms with Gasteiger partial charge in [0.2, 0.25) is 0 Å². The normalized spacial score (nSPS) is 14.2. The molecular weight excluding hydrogens is 351 g/mol. The molecule has 0 saturated heterocycles.